The van der Waals surface area contributed by atoms with Gasteiger partial charge in [0.15, 0.2) is 5.75 Å². The van der Waals surface area contributed by atoms with Gasteiger partial charge in [0, 0.05) is 26.2 Å². The predicted molar refractivity (Wildman–Crippen MR) is 127 cm³/mol. The number of carbonyl (C=O) groups is 1. The third-order valence-electron chi connectivity index (χ3n) is 6.24. The normalized spacial score (nSPS) is 15.5. The molecule has 2 heterocycles. The first-order chi connectivity index (χ1) is 16.8. The van der Waals surface area contributed by atoms with Crippen LogP contribution in [-0.2, 0) is 17.4 Å². The van der Waals surface area contributed by atoms with E-state index >= 15 is 0 Å². The number of benzene rings is 3. The number of hydrogen-bond donors (Lipinski definition) is 0. The first kappa shape index (κ1) is 23.0. The molecule has 35 heavy (non-hydrogen) atoms. The Labute approximate surface area is 201 Å². The molecule has 0 spiro atoms. The zero-order chi connectivity index (χ0) is 24.6. The molecule has 1 amide bonds. The molecule has 8 heteroatoms. The maximum absolute atomic E-state index is 13.4. The predicted octanol–water partition coefficient (Wildman–Crippen LogP) is 5.58. The monoisotopic (exact) mass is 479 g/mol. The summed E-state index contributed by atoms with van der Waals surface area (Å²) in [7, 11) is 0. The fraction of sp³-hybridized carbons (Fsp3) is 0.259. The van der Waals surface area contributed by atoms with Crippen molar-refractivity contribution >= 4 is 17.4 Å². The third-order valence-corrected chi connectivity index (χ3v) is 6.24. The van der Waals surface area contributed by atoms with Gasteiger partial charge in [0.1, 0.15) is 17.3 Å². The number of halogens is 3. The lowest BCUT2D eigenvalue weighted by Gasteiger charge is -2.36. The summed E-state index contributed by atoms with van der Waals surface area (Å²) < 4.78 is 46.1. The first-order valence-electron chi connectivity index (χ1n) is 11.4. The molecule has 0 aromatic heterocycles. The summed E-state index contributed by atoms with van der Waals surface area (Å²) in [6.07, 6.45) is -4.14. The smallest absolute Gasteiger partial charge is 0.416 e. The van der Waals surface area contributed by atoms with Crippen LogP contribution in [-0.4, -0.2) is 47.7 Å². The molecule has 1 fully saturated rings. The standard InChI is InChI=1S/C27H24F3N3O2/c1-18-7-9-23-21(15-18)26(31-22-17-20(27(28,29)30)8-10-24(22)35-23)33-13-11-32(12-14-33)25(34)16-19-5-3-2-4-6-19/h2-10,15,17H,11-14,16H2,1H3. The van der Waals surface area contributed by atoms with Crippen molar-refractivity contribution in [3.63, 3.8) is 0 Å². The Morgan fingerprint density at radius 3 is 2.37 bits per heavy atom. The van der Waals surface area contributed by atoms with E-state index in [4.69, 9.17) is 4.74 Å². The maximum atomic E-state index is 13.4. The number of aliphatic imine (C=N–C) groups is 1. The fourth-order valence-electron chi connectivity index (χ4n) is 4.36. The number of amides is 1. The van der Waals surface area contributed by atoms with Crippen LogP contribution >= 0.6 is 0 Å². The molecule has 3 aromatic carbocycles. The van der Waals surface area contributed by atoms with Crippen molar-refractivity contribution in [2.24, 2.45) is 4.99 Å². The van der Waals surface area contributed by atoms with Crippen molar-refractivity contribution in [2.45, 2.75) is 19.5 Å². The molecule has 1 saturated heterocycles. The number of hydrogen-bond acceptors (Lipinski definition) is 4. The Morgan fingerprint density at radius 1 is 0.943 bits per heavy atom. The van der Waals surface area contributed by atoms with Gasteiger partial charge in [-0.2, -0.15) is 13.2 Å². The molecular formula is C27H24F3N3O2. The van der Waals surface area contributed by atoms with Crippen molar-refractivity contribution in [1.82, 2.24) is 9.80 Å². The number of ether oxygens (including phenoxy) is 1. The van der Waals surface area contributed by atoms with Crippen LogP contribution in [0.1, 0.15) is 22.3 Å². The minimum atomic E-state index is -4.48. The summed E-state index contributed by atoms with van der Waals surface area (Å²) in [5.41, 5.74) is 2.02. The Kier molecular flexibility index (Phi) is 5.96. The lowest BCUT2D eigenvalue weighted by molar-refractivity contribution is -0.137. The van der Waals surface area contributed by atoms with Crippen molar-refractivity contribution < 1.29 is 22.7 Å². The summed E-state index contributed by atoms with van der Waals surface area (Å²) in [4.78, 5) is 21.3. The van der Waals surface area contributed by atoms with Gasteiger partial charge in [-0.25, -0.2) is 4.99 Å². The third kappa shape index (κ3) is 4.87. The summed E-state index contributed by atoms with van der Waals surface area (Å²) in [5, 5.41) is 0. The highest BCUT2D eigenvalue weighted by Crippen LogP contribution is 2.42. The molecule has 0 atom stereocenters. The lowest BCUT2D eigenvalue weighted by atomic mass is 10.1. The van der Waals surface area contributed by atoms with Gasteiger partial charge < -0.3 is 14.5 Å². The molecule has 0 saturated carbocycles. The van der Waals surface area contributed by atoms with Crippen LogP contribution in [0.3, 0.4) is 0 Å². The number of aryl methyl sites for hydroxylation is 1. The van der Waals surface area contributed by atoms with Gasteiger partial charge in [0.25, 0.3) is 0 Å². The number of carbonyl (C=O) groups excluding carboxylic acids is 1. The number of alkyl halides is 3. The van der Waals surface area contributed by atoms with E-state index in [1.807, 2.05) is 65.3 Å². The minimum absolute atomic E-state index is 0.0541. The highest BCUT2D eigenvalue weighted by Gasteiger charge is 2.33. The van der Waals surface area contributed by atoms with Gasteiger partial charge in [-0.3, -0.25) is 4.79 Å². The zero-order valence-electron chi connectivity index (χ0n) is 19.2. The van der Waals surface area contributed by atoms with E-state index < -0.39 is 11.7 Å². The summed E-state index contributed by atoms with van der Waals surface area (Å²) in [6, 6.07) is 18.6. The fourth-order valence-corrected chi connectivity index (χ4v) is 4.36. The Hall–Kier alpha value is -3.81. The van der Waals surface area contributed by atoms with Gasteiger partial charge in [-0.05, 0) is 42.8 Å². The largest absolute Gasteiger partial charge is 0.454 e. The second kappa shape index (κ2) is 9.09. The highest BCUT2D eigenvalue weighted by molar-refractivity contribution is 6.04. The van der Waals surface area contributed by atoms with Gasteiger partial charge >= 0.3 is 6.18 Å². The van der Waals surface area contributed by atoms with E-state index in [9.17, 15) is 18.0 Å². The molecular weight excluding hydrogens is 455 g/mol. The molecule has 2 aliphatic rings. The molecule has 3 aromatic rings. The number of nitrogens with zero attached hydrogens (tertiary/aromatic N) is 3. The minimum Gasteiger partial charge on any atom is -0.454 e. The molecule has 0 radical (unpaired) electrons. The molecule has 0 N–H and O–H groups in total. The van der Waals surface area contributed by atoms with E-state index in [-0.39, 0.29) is 17.3 Å². The van der Waals surface area contributed by atoms with Crippen molar-refractivity contribution in [2.75, 3.05) is 26.2 Å². The van der Waals surface area contributed by atoms with Gasteiger partial charge in [0.05, 0.1) is 17.5 Å². The van der Waals surface area contributed by atoms with Crippen molar-refractivity contribution in [3.8, 4) is 11.5 Å². The number of rotatable bonds is 2. The SMILES string of the molecule is Cc1ccc2c(c1)C(N1CCN(C(=O)Cc3ccccc3)CC1)=Nc1cc(C(F)(F)F)ccc1O2. The van der Waals surface area contributed by atoms with Gasteiger partial charge in [0.2, 0.25) is 5.91 Å². The first-order valence-corrected chi connectivity index (χ1v) is 11.4. The van der Waals surface area contributed by atoms with Crippen molar-refractivity contribution in [1.29, 1.82) is 0 Å². The summed E-state index contributed by atoms with van der Waals surface area (Å²) in [5.74, 6) is 1.42. The number of amidine groups is 1. The van der Waals surface area contributed by atoms with E-state index in [1.54, 1.807) is 0 Å². The highest BCUT2D eigenvalue weighted by atomic mass is 19.4. The van der Waals surface area contributed by atoms with Gasteiger partial charge in [-0.1, -0.05) is 42.0 Å². The van der Waals surface area contributed by atoms with Crippen LogP contribution in [0.4, 0.5) is 18.9 Å². The molecule has 5 rings (SSSR count). The average molecular weight is 480 g/mol. The molecule has 2 aliphatic heterocycles. The number of fused-ring (bicyclic) bond motifs is 2. The van der Waals surface area contributed by atoms with E-state index in [0.717, 1.165) is 28.8 Å². The van der Waals surface area contributed by atoms with Crippen LogP contribution in [0.5, 0.6) is 11.5 Å². The van der Waals surface area contributed by atoms with Crippen LogP contribution in [0, 0.1) is 6.92 Å². The second-order valence-electron chi connectivity index (χ2n) is 8.75. The van der Waals surface area contributed by atoms with E-state index in [1.165, 1.54) is 6.07 Å². The number of piperazine rings is 1. The molecule has 0 aliphatic carbocycles. The molecule has 0 unspecified atom stereocenters. The van der Waals surface area contributed by atoms with Crippen LogP contribution in [0.2, 0.25) is 0 Å². The molecule has 5 nitrogen and oxygen atoms in total. The average Bonchev–Trinajstić information content (AvgIpc) is 3.00. The maximum Gasteiger partial charge on any atom is 0.416 e. The molecule has 0 bridgehead atoms. The molecule has 180 valence electrons. The quantitative estimate of drug-likeness (QED) is 0.482. The second-order valence-corrected chi connectivity index (χ2v) is 8.75. The van der Waals surface area contributed by atoms with Crippen molar-refractivity contribution in [3.05, 3.63) is 89.0 Å². The van der Waals surface area contributed by atoms with Crippen LogP contribution in [0.15, 0.2) is 71.7 Å². The van der Waals surface area contributed by atoms with Crippen LogP contribution < -0.4 is 4.74 Å². The van der Waals surface area contributed by atoms with E-state index in [2.05, 4.69) is 4.99 Å². The van der Waals surface area contributed by atoms with E-state index in [0.29, 0.717) is 44.2 Å². The Balaban J connectivity index is 1.42. The lowest BCUT2D eigenvalue weighted by Crippen LogP contribution is -2.51. The Bertz CT molecular complexity index is 1280. The van der Waals surface area contributed by atoms with Gasteiger partial charge in [-0.15, -0.1) is 0 Å². The summed E-state index contributed by atoms with van der Waals surface area (Å²) >= 11 is 0. The Morgan fingerprint density at radius 2 is 1.66 bits per heavy atom. The summed E-state index contributed by atoms with van der Waals surface area (Å²) in [6.45, 7) is 3.98. The van der Waals surface area contributed by atoms with Crippen LogP contribution in [0.25, 0.3) is 0 Å². The topological polar surface area (TPSA) is 45.1 Å². The zero-order valence-corrected chi connectivity index (χ0v) is 19.2.